The van der Waals surface area contributed by atoms with Crippen molar-refractivity contribution < 1.29 is 0 Å². The summed E-state index contributed by atoms with van der Waals surface area (Å²) in [5, 5.41) is 3.12. The second-order valence-electron chi connectivity index (χ2n) is 2.72. The number of nitrogens with zero attached hydrogens (tertiary/aromatic N) is 2. The van der Waals surface area contributed by atoms with E-state index < -0.39 is 0 Å². The molecule has 0 atom stereocenters. The number of aryl methyl sites for hydroxylation is 1. The van der Waals surface area contributed by atoms with Crippen LogP contribution in [0.2, 0.25) is 0 Å². The lowest BCUT2D eigenvalue weighted by atomic mass is 10.5. The fraction of sp³-hybridized carbons (Fsp3) is 0.222. The molecule has 0 fully saturated rings. The lowest BCUT2D eigenvalue weighted by molar-refractivity contribution is 1.17. The fourth-order valence-corrected chi connectivity index (χ4v) is 1.41. The lowest BCUT2D eigenvalue weighted by Gasteiger charge is -1.99. The van der Waals surface area contributed by atoms with Crippen LogP contribution < -0.4 is 5.32 Å². The predicted octanol–water partition coefficient (Wildman–Crippen LogP) is 1.68. The van der Waals surface area contributed by atoms with E-state index in [0.29, 0.717) is 0 Å². The molecule has 0 saturated carbocycles. The van der Waals surface area contributed by atoms with Gasteiger partial charge in [-0.3, -0.25) is 4.40 Å². The number of imidazole rings is 1. The van der Waals surface area contributed by atoms with Crippen LogP contribution in [0.15, 0.2) is 24.4 Å². The van der Waals surface area contributed by atoms with Crippen LogP contribution >= 0.6 is 0 Å². The first kappa shape index (κ1) is 7.16. The number of anilines is 1. The highest BCUT2D eigenvalue weighted by molar-refractivity contribution is 5.54. The highest BCUT2D eigenvalue weighted by Gasteiger charge is 2.03. The number of nitrogens with one attached hydrogen (secondary N) is 1. The Labute approximate surface area is 71.0 Å². The van der Waals surface area contributed by atoms with Crippen molar-refractivity contribution in [3.8, 4) is 0 Å². The van der Waals surface area contributed by atoms with E-state index in [1.54, 1.807) is 0 Å². The summed E-state index contributed by atoms with van der Waals surface area (Å²) in [6.45, 7) is 2.00. The molecule has 0 aliphatic heterocycles. The van der Waals surface area contributed by atoms with E-state index in [2.05, 4.69) is 10.3 Å². The molecule has 0 saturated heterocycles. The fourth-order valence-electron chi connectivity index (χ4n) is 1.41. The highest BCUT2D eigenvalue weighted by atomic mass is 15.1. The van der Waals surface area contributed by atoms with Gasteiger partial charge in [-0.15, -0.1) is 0 Å². The summed E-state index contributed by atoms with van der Waals surface area (Å²) >= 11 is 0. The van der Waals surface area contributed by atoms with E-state index in [0.717, 1.165) is 17.2 Å². The van der Waals surface area contributed by atoms with E-state index >= 15 is 0 Å². The number of aromatic nitrogens is 2. The van der Waals surface area contributed by atoms with Gasteiger partial charge in [0.2, 0.25) is 0 Å². The smallest absolute Gasteiger partial charge is 0.138 e. The Balaban J connectivity index is 2.81. The van der Waals surface area contributed by atoms with Gasteiger partial charge in [-0.05, 0) is 19.1 Å². The molecule has 3 nitrogen and oxygen atoms in total. The van der Waals surface area contributed by atoms with Crippen LogP contribution in [0.5, 0.6) is 0 Å². The predicted molar refractivity (Wildman–Crippen MR) is 49.5 cm³/mol. The van der Waals surface area contributed by atoms with Crippen molar-refractivity contribution in [2.45, 2.75) is 6.92 Å². The largest absolute Gasteiger partial charge is 0.373 e. The summed E-state index contributed by atoms with van der Waals surface area (Å²) in [6, 6.07) is 5.98. The number of pyridine rings is 1. The Hall–Kier alpha value is -1.51. The lowest BCUT2D eigenvalue weighted by Crippen LogP contribution is -1.94. The molecule has 2 aromatic rings. The van der Waals surface area contributed by atoms with Crippen LogP contribution in [0.1, 0.15) is 5.69 Å². The molecule has 0 amide bonds. The number of hydrogen-bond donors (Lipinski definition) is 1. The van der Waals surface area contributed by atoms with Gasteiger partial charge in [-0.2, -0.15) is 0 Å². The Kier molecular flexibility index (Phi) is 1.50. The number of hydrogen-bond acceptors (Lipinski definition) is 2. The third-order valence-corrected chi connectivity index (χ3v) is 1.94. The highest BCUT2D eigenvalue weighted by Crippen LogP contribution is 2.15. The Morgan fingerprint density at radius 1 is 1.42 bits per heavy atom. The molecule has 2 aromatic heterocycles. The normalized spacial score (nSPS) is 10.5. The van der Waals surface area contributed by atoms with Crippen molar-refractivity contribution in [2.24, 2.45) is 0 Å². The van der Waals surface area contributed by atoms with Gasteiger partial charge in [0, 0.05) is 13.2 Å². The van der Waals surface area contributed by atoms with Crippen molar-refractivity contribution in [1.82, 2.24) is 9.38 Å². The minimum absolute atomic E-state index is 0.986. The number of fused-ring (bicyclic) bond motifs is 1. The van der Waals surface area contributed by atoms with Gasteiger partial charge in [0.05, 0.1) is 5.69 Å². The summed E-state index contributed by atoms with van der Waals surface area (Å²) in [5.74, 6) is 1.06. The van der Waals surface area contributed by atoms with Gasteiger partial charge in [-0.1, -0.05) is 6.07 Å². The SMILES string of the molecule is CNc1c(C)nc2ccccn12. The van der Waals surface area contributed by atoms with E-state index in [9.17, 15) is 0 Å². The molecule has 3 heteroatoms. The third-order valence-electron chi connectivity index (χ3n) is 1.94. The Bertz CT molecular complexity index is 403. The first-order valence-corrected chi connectivity index (χ1v) is 3.94. The van der Waals surface area contributed by atoms with Crippen molar-refractivity contribution >= 4 is 11.5 Å². The summed E-state index contributed by atoms with van der Waals surface area (Å²) in [7, 11) is 1.91. The maximum Gasteiger partial charge on any atom is 0.138 e. The first-order valence-electron chi connectivity index (χ1n) is 3.94. The summed E-state index contributed by atoms with van der Waals surface area (Å²) < 4.78 is 2.04. The van der Waals surface area contributed by atoms with E-state index in [1.165, 1.54) is 0 Å². The molecule has 0 bridgehead atoms. The van der Waals surface area contributed by atoms with Crippen molar-refractivity contribution in [3.05, 3.63) is 30.1 Å². The first-order chi connectivity index (χ1) is 5.83. The minimum Gasteiger partial charge on any atom is -0.373 e. The molecule has 0 aromatic carbocycles. The van der Waals surface area contributed by atoms with Gasteiger partial charge in [-0.25, -0.2) is 4.98 Å². The third kappa shape index (κ3) is 0.863. The maximum atomic E-state index is 4.38. The number of rotatable bonds is 1. The zero-order valence-electron chi connectivity index (χ0n) is 7.20. The van der Waals surface area contributed by atoms with Crippen molar-refractivity contribution in [1.29, 1.82) is 0 Å². The molecule has 0 spiro atoms. The minimum atomic E-state index is 0.986. The topological polar surface area (TPSA) is 29.3 Å². The molecule has 0 unspecified atom stereocenters. The zero-order chi connectivity index (χ0) is 8.55. The average Bonchev–Trinajstić information content (AvgIpc) is 2.40. The molecule has 62 valence electrons. The van der Waals surface area contributed by atoms with Crippen LogP contribution in [-0.2, 0) is 0 Å². The van der Waals surface area contributed by atoms with Crippen LogP contribution in [-0.4, -0.2) is 16.4 Å². The van der Waals surface area contributed by atoms with Crippen molar-refractivity contribution in [3.63, 3.8) is 0 Å². The van der Waals surface area contributed by atoms with Crippen molar-refractivity contribution in [2.75, 3.05) is 12.4 Å². The van der Waals surface area contributed by atoms with Gasteiger partial charge >= 0.3 is 0 Å². The quantitative estimate of drug-likeness (QED) is 0.689. The molecule has 1 N–H and O–H groups in total. The maximum absolute atomic E-state index is 4.38. The van der Waals surface area contributed by atoms with Crippen LogP contribution in [0.3, 0.4) is 0 Å². The van der Waals surface area contributed by atoms with Crippen LogP contribution in [0, 0.1) is 6.92 Å². The van der Waals surface area contributed by atoms with Gasteiger partial charge < -0.3 is 5.32 Å². The van der Waals surface area contributed by atoms with E-state index in [-0.39, 0.29) is 0 Å². The zero-order valence-corrected chi connectivity index (χ0v) is 7.20. The molecule has 2 heterocycles. The Morgan fingerprint density at radius 2 is 2.25 bits per heavy atom. The molecular formula is C9H11N3. The second-order valence-corrected chi connectivity index (χ2v) is 2.72. The molecular weight excluding hydrogens is 150 g/mol. The van der Waals surface area contributed by atoms with E-state index in [1.807, 2.05) is 42.8 Å². The standard InChI is InChI=1S/C9H11N3/c1-7-9(10-2)12-6-4-3-5-8(12)11-7/h3-6,10H,1-2H3. The molecule has 12 heavy (non-hydrogen) atoms. The molecule has 2 rings (SSSR count). The molecule has 0 radical (unpaired) electrons. The average molecular weight is 161 g/mol. The van der Waals surface area contributed by atoms with Crippen LogP contribution in [0.25, 0.3) is 5.65 Å². The summed E-state index contributed by atoms with van der Waals surface area (Å²) in [4.78, 5) is 4.38. The second kappa shape index (κ2) is 2.52. The van der Waals surface area contributed by atoms with E-state index in [4.69, 9.17) is 0 Å². The Morgan fingerprint density at radius 3 is 3.00 bits per heavy atom. The van der Waals surface area contributed by atoms with Gasteiger partial charge in [0.1, 0.15) is 11.5 Å². The summed E-state index contributed by atoms with van der Waals surface area (Å²) in [6.07, 6.45) is 2.00. The molecule has 0 aliphatic rings. The molecule has 0 aliphatic carbocycles. The van der Waals surface area contributed by atoms with Gasteiger partial charge in [0.25, 0.3) is 0 Å². The van der Waals surface area contributed by atoms with Gasteiger partial charge in [0.15, 0.2) is 0 Å². The summed E-state index contributed by atoms with van der Waals surface area (Å²) in [5.41, 5.74) is 2.02. The monoisotopic (exact) mass is 161 g/mol. The van der Waals surface area contributed by atoms with Crippen LogP contribution in [0.4, 0.5) is 5.82 Å².